The first-order valence-corrected chi connectivity index (χ1v) is 4.98. The van der Waals surface area contributed by atoms with Crippen LogP contribution in [-0.4, -0.2) is 31.5 Å². The number of carboxylic acids is 2. The fraction of sp³-hybridized carbons (Fsp3) is 0.100. The SMILES string of the molecule is O=C(O)Cc1nc(C(=O)O)c2ccc(Cl)cn12. The maximum absolute atomic E-state index is 10.9. The summed E-state index contributed by atoms with van der Waals surface area (Å²) < 4.78 is 1.37. The number of hydrogen-bond donors (Lipinski definition) is 2. The van der Waals surface area contributed by atoms with Crippen LogP contribution in [0.3, 0.4) is 0 Å². The van der Waals surface area contributed by atoms with Crippen molar-refractivity contribution >= 4 is 29.1 Å². The van der Waals surface area contributed by atoms with Crippen molar-refractivity contribution in [2.75, 3.05) is 0 Å². The summed E-state index contributed by atoms with van der Waals surface area (Å²) in [7, 11) is 0. The zero-order chi connectivity index (χ0) is 12.6. The van der Waals surface area contributed by atoms with Gasteiger partial charge in [0.2, 0.25) is 0 Å². The zero-order valence-corrected chi connectivity index (χ0v) is 9.18. The molecule has 0 radical (unpaired) electrons. The number of aliphatic carboxylic acids is 1. The summed E-state index contributed by atoms with van der Waals surface area (Å²) in [5.41, 5.74) is 0.135. The first-order valence-electron chi connectivity index (χ1n) is 4.60. The number of fused-ring (bicyclic) bond motifs is 1. The van der Waals surface area contributed by atoms with E-state index < -0.39 is 11.9 Å². The highest BCUT2D eigenvalue weighted by atomic mass is 35.5. The van der Waals surface area contributed by atoms with Gasteiger partial charge in [-0.15, -0.1) is 0 Å². The molecule has 0 aliphatic rings. The van der Waals surface area contributed by atoms with Crippen LogP contribution in [0.15, 0.2) is 18.3 Å². The topological polar surface area (TPSA) is 91.9 Å². The molecule has 0 spiro atoms. The molecule has 0 aliphatic carbocycles. The van der Waals surface area contributed by atoms with Gasteiger partial charge >= 0.3 is 11.9 Å². The second-order valence-electron chi connectivity index (χ2n) is 3.35. The minimum Gasteiger partial charge on any atom is -0.481 e. The Morgan fingerprint density at radius 2 is 2.06 bits per heavy atom. The number of imidazole rings is 1. The summed E-state index contributed by atoms with van der Waals surface area (Å²) >= 11 is 5.77. The predicted molar refractivity (Wildman–Crippen MR) is 58.5 cm³/mol. The standard InChI is InChI=1S/C10H7ClN2O4/c11-5-1-2-6-9(10(16)17)12-7(3-8(14)15)13(6)4-5/h1-2,4H,3H2,(H,14,15)(H,16,17). The van der Waals surface area contributed by atoms with E-state index >= 15 is 0 Å². The molecule has 0 amide bonds. The molecule has 0 saturated heterocycles. The van der Waals surface area contributed by atoms with E-state index in [2.05, 4.69) is 4.98 Å². The lowest BCUT2D eigenvalue weighted by atomic mass is 10.3. The molecular weight excluding hydrogens is 248 g/mol. The first-order chi connectivity index (χ1) is 7.99. The van der Waals surface area contributed by atoms with Crippen molar-refractivity contribution in [2.24, 2.45) is 0 Å². The number of rotatable bonds is 3. The summed E-state index contributed by atoms with van der Waals surface area (Å²) in [6.07, 6.45) is 1.07. The van der Waals surface area contributed by atoms with Crippen LogP contribution in [0.1, 0.15) is 16.3 Å². The van der Waals surface area contributed by atoms with Gasteiger partial charge < -0.3 is 14.6 Å². The predicted octanol–water partition coefficient (Wildman–Crippen LogP) is 1.31. The minimum atomic E-state index is -1.21. The molecule has 2 N–H and O–H groups in total. The first kappa shape index (κ1) is 11.4. The van der Waals surface area contributed by atoms with E-state index in [1.807, 2.05) is 0 Å². The maximum atomic E-state index is 10.9. The highest BCUT2D eigenvalue weighted by Crippen LogP contribution is 2.17. The molecule has 2 aromatic heterocycles. The monoisotopic (exact) mass is 254 g/mol. The number of carboxylic acid groups (broad SMARTS) is 2. The number of halogens is 1. The lowest BCUT2D eigenvalue weighted by Crippen LogP contribution is -2.04. The van der Waals surface area contributed by atoms with Crippen LogP contribution in [0, 0.1) is 0 Å². The molecule has 0 aliphatic heterocycles. The van der Waals surface area contributed by atoms with Crippen molar-refractivity contribution in [2.45, 2.75) is 6.42 Å². The molecule has 7 heteroatoms. The van der Waals surface area contributed by atoms with Crippen LogP contribution >= 0.6 is 11.6 Å². The van der Waals surface area contributed by atoms with E-state index in [0.717, 1.165) is 0 Å². The van der Waals surface area contributed by atoms with E-state index in [9.17, 15) is 9.59 Å². The van der Waals surface area contributed by atoms with Crippen LogP contribution in [0.5, 0.6) is 0 Å². The van der Waals surface area contributed by atoms with E-state index in [0.29, 0.717) is 10.5 Å². The summed E-state index contributed by atoms with van der Waals surface area (Å²) in [4.78, 5) is 25.4. The normalized spacial score (nSPS) is 10.6. The van der Waals surface area contributed by atoms with Gasteiger partial charge in [0.05, 0.1) is 10.5 Å². The Bertz CT molecular complexity index is 620. The molecule has 17 heavy (non-hydrogen) atoms. The molecule has 2 aromatic rings. The molecule has 0 atom stereocenters. The summed E-state index contributed by atoms with van der Waals surface area (Å²) in [6.45, 7) is 0. The summed E-state index contributed by atoms with van der Waals surface area (Å²) in [6, 6.07) is 3.01. The van der Waals surface area contributed by atoms with Gasteiger partial charge in [0.1, 0.15) is 12.2 Å². The van der Waals surface area contributed by atoms with Gasteiger partial charge in [-0.25, -0.2) is 9.78 Å². The lowest BCUT2D eigenvalue weighted by molar-refractivity contribution is -0.136. The number of hydrogen-bond acceptors (Lipinski definition) is 3. The van der Waals surface area contributed by atoms with Crippen molar-refractivity contribution in [3.63, 3.8) is 0 Å². The highest BCUT2D eigenvalue weighted by molar-refractivity contribution is 6.30. The van der Waals surface area contributed by atoms with Crippen LogP contribution in [0.4, 0.5) is 0 Å². The quantitative estimate of drug-likeness (QED) is 0.862. The molecule has 0 saturated carbocycles. The fourth-order valence-electron chi connectivity index (χ4n) is 1.54. The summed E-state index contributed by atoms with van der Waals surface area (Å²) in [5, 5.41) is 18.0. The molecule has 2 rings (SSSR count). The van der Waals surface area contributed by atoms with E-state index in [1.54, 1.807) is 0 Å². The molecule has 2 heterocycles. The van der Waals surface area contributed by atoms with Crippen molar-refractivity contribution in [3.05, 3.63) is 34.9 Å². The van der Waals surface area contributed by atoms with Crippen LogP contribution in [0.2, 0.25) is 5.02 Å². The molecule has 0 aromatic carbocycles. The number of aromatic nitrogens is 2. The van der Waals surface area contributed by atoms with Gasteiger partial charge in [-0.3, -0.25) is 4.79 Å². The molecule has 6 nitrogen and oxygen atoms in total. The van der Waals surface area contributed by atoms with Crippen molar-refractivity contribution in [1.29, 1.82) is 0 Å². The molecule has 0 fully saturated rings. The summed E-state index contributed by atoms with van der Waals surface area (Å²) in [5.74, 6) is -2.16. The Morgan fingerprint density at radius 1 is 1.35 bits per heavy atom. The van der Waals surface area contributed by atoms with Crippen LogP contribution in [-0.2, 0) is 11.2 Å². The molecule has 88 valence electrons. The van der Waals surface area contributed by atoms with Gasteiger partial charge in [0.15, 0.2) is 5.69 Å². The van der Waals surface area contributed by atoms with Gasteiger partial charge in [0.25, 0.3) is 0 Å². The van der Waals surface area contributed by atoms with Gasteiger partial charge in [-0.05, 0) is 12.1 Å². The van der Waals surface area contributed by atoms with Crippen LogP contribution < -0.4 is 0 Å². The molecular formula is C10H7ClN2O4. The average Bonchev–Trinajstić information content (AvgIpc) is 2.56. The van der Waals surface area contributed by atoms with Gasteiger partial charge in [0, 0.05) is 6.20 Å². The number of carbonyl (C=O) groups is 2. The van der Waals surface area contributed by atoms with Gasteiger partial charge in [-0.2, -0.15) is 0 Å². The third kappa shape index (κ3) is 2.07. The largest absolute Gasteiger partial charge is 0.481 e. The smallest absolute Gasteiger partial charge is 0.356 e. The minimum absolute atomic E-state index is 0.132. The Hall–Kier alpha value is -2.08. The fourth-order valence-corrected chi connectivity index (χ4v) is 1.70. The number of nitrogens with zero attached hydrogens (tertiary/aromatic N) is 2. The highest BCUT2D eigenvalue weighted by Gasteiger charge is 2.18. The Balaban J connectivity index is 2.70. The zero-order valence-electron chi connectivity index (χ0n) is 8.42. The average molecular weight is 255 g/mol. The second kappa shape index (κ2) is 4.06. The lowest BCUT2D eigenvalue weighted by Gasteiger charge is -1.98. The Labute approximate surface area is 100 Å². The van der Waals surface area contributed by atoms with Crippen LogP contribution in [0.25, 0.3) is 5.52 Å². The number of aromatic carboxylic acids is 1. The molecule has 0 bridgehead atoms. The van der Waals surface area contributed by atoms with Crippen molar-refractivity contribution in [1.82, 2.24) is 9.38 Å². The third-order valence-corrected chi connectivity index (χ3v) is 2.41. The van der Waals surface area contributed by atoms with E-state index in [-0.39, 0.29) is 17.9 Å². The van der Waals surface area contributed by atoms with E-state index in [4.69, 9.17) is 21.8 Å². The molecule has 0 unspecified atom stereocenters. The Morgan fingerprint density at radius 3 is 2.65 bits per heavy atom. The maximum Gasteiger partial charge on any atom is 0.356 e. The van der Waals surface area contributed by atoms with Crippen molar-refractivity contribution < 1.29 is 19.8 Å². The van der Waals surface area contributed by atoms with E-state index in [1.165, 1.54) is 22.7 Å². The van der Waals surface area contributed by atoms with Crippen molar-refractivity contribution in [3.8, 4) is 0 Å². The second-order valence-corrected chi connectivity index (χ2v) is 3.79. The van der Waals surface area contributed by atoms with Gasteiger partial charge in [-0.1, -0.05) is 11.6 Å². The number of pyridine rings is 1. The Kier molecular flexibility index (Phi) is 2.72. The third-order valence-electron chi connectivity index (χ3n) is 2.19.